The van der Waals surface area contributed by atoms with Crippen LogP contribution in [0.15, 0.2) is 42.5 Å². The van der Waals surface area contributed by atoms with E-state index in [4.69, 9.17) is 21.1 Å². The zero-order chi connectivity index (χ0) is 17.5. The predicted molar refractivity (Wildman–Crippen MR) is 103 cm³/mol. The average molecular weight is 360 g/mol. The summed E-state index contributed by atoms with van der Waals surface area (Å²) >= 11 is 6.20. The fraction of sp³-hybridized carbons (Fsp3) is 0.429. The van der Waals surface area contributed by atoms with Crippen LogP contribution in [0.5, 0.6) is 5.75 Å². The van der Waals surface area contributed by atoms with Crippen molar-refractivity contribution in [2.75, 3.05) is 32.8 Å². The molecule has 0 aromatic heterocycles. The third kappa shape index (κ3) is 5.74. The van der Waals surface area contributed by atoms with Gasteiger partial charge in [-0.25, -0.2) is 0 Å². The number of halogens is 1. The van der Waals surface area contributed by atoms with Crippen molar-refractivity contribution in [3.05, 3.63) is 64.2 Å². The average Bonchev–Trinajstić information content (AvgIpc) is 2.63. The van der Waals surface area contributed by atoms with Crippen LogP contribution in [0, 0.1) is 6.92 Å². The van der Waals surface area contributed by atoms with Crippen LogP contribution in [-0.2, 0) is 17.8 Å². The van der Waals surface area contributed by atoms with E-state index in [2.05, 4.69) is 36.1 Å². The van der Waals surface area contributed by atoms with Crippen molar-refractivity contribution >= 4 is 11.6 Å². The third-order valence-corrected chi connectivity index (χ3v) is 4.80. The number of nitrogens with zero attached hydrogens (tertiary/aromatic N) is 1. The normalized spacial score (nSPS) is 15.3. The minimum absolute atomic E-state index is 0.582. The second-order valence-electron chi connectivity index (χ2n) is 6.58. The highest BCUT2D eigenvalue weighted by Gasteiger charge is 2.11. The second-order valence-corrected chi connectivity index (χ2v) is 7.02. The summed E-state index contributed by atoms with van der Waals surface area (Å²) in [6.45, 7) is 7.53. The van der Waals surface area contributed by atoms with Gasteiger partial charge in [-0.05, 0) is 55.6 Å². The van der Waals surface area contributed by atoms with Gasteiger partial charge in [-0.15, -0.1) is 0 Å². The summed E-state index contributed by atoms with van der Waals surface area (Å²) in [5, 5.41) is 0.768. The Morgan fingerprint density at radius 2 is 1.84 bits per heavy atom. The Morgan fingerprint density at radius 3 is 2.60 bits per heavy atom. The summed E-state index contributed by atoms with van der Waals surface area (Å²) in [7, 11) is 0. The van der Waals surface area contributed by atoms with Crippen LogP contribution in [0.1, 0.15) is 23.1 Å². The second kappa shape index (κ2) is 9.23. The largest absolute Gasteiger partial charge is 0.489 e. The highest BCUT2D eigenvalue weighted by Crippen LogP contribution is 2.25. The first-order valence-corrected chi connectivity index (χ1v) is 9.35. The number of rotatable bonds is 7. The topological polar surface area (TPSA) is 21.7 Å². The molecule has 1 fully saturated rings. The number of ether oxygens (including phenoxy) is 2. The van der Waals surface area contributed by atoms with Gasteiger partial charge in [-0.3, -0.25) is 4.90 Å². The van der Waals surface area contributed by atoms with Gasteiger partial charge in [-0.2, -0.15) is 0 Å². The van der Waals surface area contributed by atoms with Crippen molar-refractivity contribution in [3.63, 3.8) is 0 Å². The zero-order valence-electron chi connectivity index (χ0n) is 14.8. The van der Waals surface area contributed by atoms with Gasteiger partial charge in [0, 0.05) is 18.1 Å². The summed E-state index contributed by atoms with van der Waals surface area (Å²) in [6.07, 6.45) is 2.07. The van der Waals surface area contributed by atoms with E-state index < -0.39 is 0 Å². The van der Waals surface area contributed by atoms with E-state index in [1.165, 1.54) is 16.7 Å². The quantitative estimate of drug-likeness (QED) is 0.726. The minimum Gasteiger partial charge on any atom is -0.489 e. The molecule has 25 heavy (non-hydrogen) atoms. The predicted octanol–water partition coefficient (Wildman–Crippen LogP) is 4.49. The lowest BCUT2D eigenvalue weighted by Crippen LogP contribution is -2.36. The maximum atomic E-state index is 6.20. The Morgan fingerprint density at radius 1 is 1.08 bits per heavy atom. The van der Waals surface area contributed by atoms with Crippen molar-refractivity contribution in [1.29, 1.82) is 0 Å². The number of morpholine rings is 1. The third-order valence-electron chi connectivity index (χ3n) is 4.56. The van der Waals surface area contributed by atoms with Crippen molar-refractivity contribution in [2.24, 2.45) is 0 Å². The fourth-order valence-electron chi connectivity index (χ4n) is 3.05. The van der Waals surface area contributed by atoms with Crippen LogP contribution in [-0.4, -0.2) is 37.7 Å². The molecule has 0 saturated carbocycles. The van der Waals surface area contributed by atoms with Crippen LogP contribution in [0.2, 0.25) is 5.02 Å². The smallest absolute Gasteiger partial charge is 0.123 e. The van der Waals surface area contributed by atoms with Crippen molar-refractivity contribution in [3.8, 4) is 5.75 Å². The Bertz CT molecular complexity index is 666. The first-order chi connectivity index (χ1) is 12.2. The van der Waals surface area contributed by atoms with Crippen LogP contribution in [0.25, 0.3) is 0 Å². The molecule has 134 valence electrons. The Hall–Kier alpha value is -1.55. The minimum atomic E-state index is 0.582. The lowest BCUT2D eigenvalue weighted by Gasteiger charge is -2.26. The highest BCUT2D eigenvalue weighted by molar-refractivity contribution is 6.30. The number of hydrogen-bond donors (Lipinski definition) is 0. The van der Waals surface area contributed by atoms with Crippen LogP contribution < -0.4 is 4.74 Å². The van der Waals surface area contributed by atoms with Gasteiger partial charge in [0.05, 0.1) is 13.2 Å². The summed E-state index contributed by atoms with van der Waals surface area (Å²) in [5.74, 6) is 0.937. The van der Waals surface area contributed by atoms with Gasteiger partial charge in [0.25, 0.3) is 0 Å². The molecule has 1 aliphatic heterocycles. The van der Waals surface area contributed by atoms with E-state index in [1.54, 1.807) is 0 Å². The molecule has 0 amide bonds. The molecule has 0 unspecified atom stereocenters. The van der Waals surface area contributed by atoms with E-state index in [1.807, 2.05) is 18.2 Å². The maximum Gasteiger partial charge on any atom is 0.123 e. The zero-order valence-corrected chi connectivity index (χ0v) is 15.6. The summed E-state index contributed by atoms with van der Waals surface area (Å²) in [5.41, 5.74) is 3.63. The first-order valence-electron chi connectivity index (χ1n) is 8.97. The fourth-order valence-corrected chi connectivity index (χ4v) is 3.24. The molecule has 4 heteroatoms. The van der Waals surface area contributed by atoms with Gasteiger partial charge < -0.3 is 9.47 Å². The molecule has 0 spiro atoms. The molecule has 1 heterocycles. The molecule has 0 bridgehead atoms. The molecule has 0 aliphatic carbocycles. The lowest BCUT2D eigenvalue weighted by molar-refractivity contribution is 0.0374. The lowest BCUT2D eigenvalue weighted by atomic mass is 10.1. The molecule has 1 aliphatic rings. The van der Waals surface area contributed by atoms with Crippen molar-refractivity contribution < 1.29 is 9.47 Å². The van der Waals surface area contributed by atoms with Gasteiger partial charge in [0.15, 0.2) is 0 Å². The first kappa shape index (κ1) is 18.2. The van der Waals surface area contributed by atoms with E-state index in [0.717, 1.165) is 56.5 Å². The van der Waals surface area contributed by atoms with Gasteiger partial charge in [0.1, 0.15) is 12.4 Å². The standard InChI is InChI=1S/C21H26ClNO2/c1-17-4-6-18(7-5-17)16-25-21-9-8-20(22)15-19(21)3-2-10-23-11-13-24-14-12-23/h4-9,15H,2-3,10-14,16H2,1H3. The monoisotopic (exact) mass is 359 g/mol. The number of hydrogen-bond acceptors (Lipinski definition) is 3. The SMILES string of the molecule is Cc1ccc(COc2ccc(Cl)cc2CCCN2CCOCC2)cc1. The molecule has 1 saturated heterocycles. The maximum absolute atomic E-state index is 6.20. The molecule has 0 radical (unpaired) electrons. The molecule has 2 aromatic carbocycles. The van der Waals surface area contributed by atoms with Crippen molar-refractivity contribution in [2.45, 2.75) is 26.4 Å². The Labute approximate surface area is 155 Å². The highest BCUT2D eigenvalue weighted by atomic mass is 35.5. The van der Waals surface area contributed by atoms with Crippen LogP contribution in [0.4, 0.5) is 0 Å². The molecule has 3 rings (SSSR count). The van der Waals surface area contributed by atoms with Crippen molar-refractivity contribution in [1.82, 2.24) is 4.90 Å². The van der Waals surface area contributed by atoms with Crippen LogP contribution >= 0.6 is 11.6 Å². The summed E-state index contributed by atoms with van der Waals surface area (Å²) in [6, 6.07) is 14.4. The molecule has 0 N–H and O–H groups in total. The Kier molecular flexibility index (Phi) is 6.74. The summed E-state index contributed by atoms with van der Waals surface area (Å²) in [4.78, 5) is 2.46. The summed E-state index contributed by atoms with van der Waals surface area (Å²) < 4.78 is 11.5. The molecular formula is C21H26ClNO2. The molecule has 0 atom stereocenters. The molecule has 3 nitrogen and oxygen atoms in total. The molecule has 2 aromatic rings. The van der Waals surface area contributed by atoms with E-state index in [-0.39, 0.29) is 0 Å². The van der Waals surface area contributed by atoms with Gasteiger partial charge in [0.2, 0.25) is 0 Å². The van der Waals surface area contributed by atoms with E-state index >= 15 is 0 Å². The van der Waals surface area contributed by atoms with Gasteiger partial charge in [-0.1, -0.05) is 41.4 Å². The Balaban J connectivity index is 1.56. The van der Waals surface area contributed by atoms with E-state index in [0.29, 0.717) is 6.61 Å². The van der Waals surface area contributed by atoms with E-state index in [9.17, 15) is 0 Å². The number of benzene rings is 2. The molecular weight excluding hydrogens is 334 g/mol. The van der Waals surface area contributed by atoms with Gasteiger partial charge >= 0.3 is 0 Å². The number of aryl methyl sites for hydroxylation is 2. The van der Waals surface area contributed by atoms with Crippen LogP contribution in [0.3, 0.4) is 0 Å².